The van der Waals surface area contributed by atoms with E-state index in [2.05, 4.69) is 15.5 Å². The molecule has 0 atom stereocenters. The summed E-state index contributed by atoms with van der Waals surface area (Å²) in [6.45, 7) is 0.570. The van der Waals surface area contributed by atoms with E-state index >= 15 is 0 Å². The zero-order chi connectivity index (χ0) is 14.7. The van der Waals surface area contributed by atoms with Gasteiger partial charge in [-0.15, -0.1) is 5.10 Å². The Morgan fingerprint density at radius 3 is 2.57 bits per heavy atom. The van der Waals surface area contributed by atoms with Crippen molar-refractivity contribution in [3.05, 3.63) is 54.1 Å². The van der Waals surface area contributed by atoms with Crippen molar-refractivity contribution in [2.45, 2.75) is 6.54 Å². The third-order valence-corrected chi connectivity index (χ3v) is 3.22. The number of nitrogen functional groups attached to an aromatic ring is 1. The van der Waals surface area contributed by atoms with E-state index in [1.807, 2.05) is 48.5 Å². The van der Waals surface area contributed by atoms with Crippen LogP contribution in [-0.2, 0) is 6.54 Å². The van der Waals surface area contributed by atoms with Crippen LogP contribution in [0.5, 0.6) is 5.75 Å². The molecular weight excluding hydrogens is 266 g/mol. The molecule has 106 valence electrons. The molecule has 1 aromatic heterocycles. The van der Waals surface area contributed by atoms with Crippen LogP contribution in [0, 0.1) is 0 Å². The highest BCUT2D eigenvalue weighted by Crippen LogP contribution is 2.23. The smallest absolute Gasteiger partial charge is 0.184 e. The quantitative estimate of drug-likeness (QED) is 0.740. The Hall–Kier alpha value is -2.89. The van der Waals surface area contributed by atoms with Crippen LogP contribution in [0.3, 0.4) is 0 Å². The van der Waals surface area contributed by atoms with Crippen LogP contribution in [-0.4, -0.2) is 27.3 Å². The maximum absolute atomic E-state index is 5.99. The second kappa shape index (κ2) is 5.62. The topological polar surface area (TPSA) is 78.8 Å². The molecule has 0 amide bonds. The minimum Gasteiger partial charge on any atom is -0.497 e. The van der Waals surface area contributed by atoms with Crippen LogP contribution < -0.4 is 10.5 Å². The molecule has 2 aromatic carbocycles. The number of ether oxygens (including phenoxy) is 1. The molecule has 0 aliphatic rings. The van der Waals surface area contributed by atoms with Gasteiger partial charge in [0.1, 0.15) is 5.75 Å². The Labute approximate surface area is 122 Å². The fourth-order valence-corrected chi connectivity index (χ4v) is 2.11. The number of methoxy groups -OCH3 is 1. The highest BCUT2D eigenvalue weighted by molar-refractivity contribution is 5.71. The minimum absolute atomic E-state index is 0.570. The summed E-state index contributed by atoms with van der Waals surface area (Å²) in [5.74, 6) is 1.48. The van der Waals surface area contributed by atoms with Crippen LogP contribution in [0.15, 0.2) is 48.5 Å². The summed E-state index contributed by atoms with van der Waals surface area (Å²) in [5.41, 5.74) is 8.55. The number of rotatable bonds is 4. The number of para-hydroxylation sites is 1. The summed E-state index contributed by atoms with van der Waals surface area (Å²) in [5, 5.41) is 11.9. The first kappa shape index (κ1) is 13.1. The van der Waals surface area contributed by atoms with Gasteiger partial charge in [-0.1, -0.05) is 24.3 Å². The van der Waals surface area contributed by atoms with Crippen molar-refractivity contribution < 1.29 is 4.74 Å². The minimum atomic E-state index is 0.570. The summed E-state index contributed by atoms with van der Waals surface area (Å²) in [6.07, 6.45) is 0. The number of tetrazole rings is 1. The molecule has 0 bridgehead atoms. The second-order valence-corrected chi connectivity index (χ2v) is 4.60. The molecule has 6 nitrogen and oxygen atoms in total. The van der Waals surface area contributed by atoms with Gasteiger partial charge in [0.15, 0.2) is 5.82 Å². The normalized spacial score (nSPS) is 10.5. The van der Waals surface area contributed by atoms with Crippen molar-refractivity contribution in [2.24, 2.45) is 0 Å². The lowest BCUT2D eigenvalue weighted by Crippen LogP contribution is -2.05. The van der Waals surface area contributed by atoms with Gasteiger partial charge in [0.05, 0.1) is 13.7 Å². The Morgan fingerprint density at radius 2 is 1.86 bits per heavy atom. The average Bonchev–Trinajstić information content (AvgIpc) is 2.96. The van der Waals surface area contributed by atoms with Crippen molar-refractivity contribution in [1.29, 1.82) is 0 Å². The molecule has 0 aliphatic carbocycles. The molecule has 3 rings (SSSR count). The van der Waals surface area contributed by atoms with E-state index in [-0.39, 0.29) is 0 Å². The molecule has 0 saturated heterocycles. The summed E-state index contributed by atoms with van der Waals surface area (Å²) in [7, 11) is 1.65. The first-order valence-electron chi connectivity index (χ1n) is 6.52. The van der Waals surface area contributed by atoms with Crippen molar-refractivity contribution in [2.75, 3.05) is 12.8 Å². The fourth-order valence-electron chi connectivity index (χ4n) is 2.11. The lowest BCUT2D eigenvalue weighted by atomic mass is 10.1. The standard InChI is InChI=1S/C15H15N5O/c1-21-12-8-6-11(7-9-12)10-20-15(17-18-19-20)13-4-2-3-5-14(13)16/h2-9H,10,16H2,1H3. The predicted molar refractivity (Wildman–Crippen MR) is 79.8 cm³/mol. The van der Waals surface area contributed by atoms with Crippen LogP contribution in [0.1, 0.15) is 5.56 Å². The van der Waals surface area contributed by atoms with Crippen LogP contribution in [0.2, 0.25) is 0 Å². The first-order chi connectivity index (χ1) is 10.3. The fraction of sp³-hybridized carbons (Fsp3) is 0.133. The molecule has 0 unspecified atom stereocenters. The lowest BCUT2D eigenvalue weighted by Gasteiger charge is -2.07. The van der Waals surface area contributed by atoms with E-state index in [9.17, 15) is 0 Å². The van der Waals surface area contributed by atoms with E-state index < -0.39 is 0 Å². The number of hydrogen-bond donors (Lipinski definition) is 1. The molecule has 0 spiro atoms. The van der Waals surface area contributed by atoms with Gasteiger partial charge in [-0.05, 0) is 40.3 Å². The van der Waals surface area contributed by atoms with Gasteiger partial charge in [0.2, 0.25) is 0 Å². The largest absolute Gasteiger partial charge is 0.497 e. The number of nitrogens with zero attached hydrogens (tertiary/aromatic N) is 4. The summed E-state index contributed by atoms with van der Waals surface area (Å²) in [4.78, 5) is 0. The first-order valence-corrected chi connectivity index (χ1v) is 6.52. The van der Waals surface area contributed by atoms with Gasteiger partial charge in [-0.3, -0.25) is 0 Å². The number of aromatic nitrogens is 4. The van der Waals surface area contributed by atoms with E-state index in [0.29, 0.717) is 18.1 Å². The number of nitrogens with two attached hydrogens (primary N) is 1. The third kappa shape index (κ3) is 2.69. The molecule has 1 heterocycles. The molecule has 6 heteroatoms. The lowest BCUT2D eigenvalue weighted by molar-refractivity contribution is 0.414. The molecule has 3 aromatic rings. The van der Waals surface area contributed by atoms with Crippen LogP contribution in [0.25, 0.3) is 11.4 Å². The average molecular weight is 281 g/mol. The molecule has 21 heavy (non-hydrogen) atoms. The number of hydrogen-bond acceptors (Lipinski definition) is 5. The molecule has 0 radical (unpaired) electrons. The monoisotopic (exact) mass is 281 g/mol. The zero-order valence-corrected chi connectivity index (χ0v) is 11.6. The van der Waals surface area contributed by atoms with Gasteiger partial charge in [0, 0.05) is 11.3 Å². The summed E-state index contributed by atoms with van der Waals surface area (Å²) >= 11 is 0. The van der Waals surface area contributed by atoms with Gasteiger partial charge in [0.25, 0.3) is 0 Å². The van der Waals surface area contributed by atoms with Crippen molar-refractivity contribution in [3.8, 4) is 17.1 Å². The van der Waals surface area contributed by atoms with E-state index in [0.717, 1.165) is 16.9 Å². The van der Waals surface area contributed by atoms with Gasteiger partial charge in [-0.2, -0.15) is 0 Å². The SMILES string of the molecule is COc1ccc(Cn2nnnc2-c2ccccc2N)cc1. The van der Waals surface area contributed by atoms with Gasteiger partial charge in [-0.25, -0.2) is 4.68 Å². The van der Waals surface area contributed by atoms with Gasteiger partial charge < -0.3 is 10.5 Å². The second-order valence-electron chi connectivity index (χ2n) is 4.60. The highest BCUT2D eigenvalue weighted by atomic mass is 16.5. The molecule has 2 N–H and O–H groups in total. The van der Waals surface area contributed by atoms with Crippen molar-refractivity contribution in [3.63, 3.8) is 0 Å². The number of benzene rings is 2. The van der Waals surface area contributed by atoms with E-state index in [1.54, 1.807) is 11.8 Å². The van der Waals surface area contributed by atoms with Crippen molar-refractivity contribution >= 4 is 5.69 Å². The molecule has 0 fully saturated rings. The third-order valence-electron chi connectivity index (χ3n) is 3.22. The molecule has 0 aliphatic heterocycles. The number of anilines is 1. The Kier molecular flexibility index (Phi) is 3.51. The summed E-state index contributed by atoms with van der Waals surface area (Å²) < 4.78 is 6.88. The molecule has 0 saturated carbocycles. The maximum Gasteiger partial charge on any atom is 0.184 e. The predicted octanol–water partition coefficient (Wildman–Crippen LogP) is 1.98. The van der Waals surface area contributed by atoms with Gasteiger partial charge >= 0.3 is 0 Å². The van der Waals surface area contributed by atoms with Crippen molar-refractivity contribution in [1.82, 2.24) is 20.2 Å². The highest BCUT2D eigenvalue weighted by Gasteiger charge is 2.11. The van der Waals surface area contributed by atoms with E-state index in [1.165, 1.54) is 0 Å². The maximum atomic E-state index is 5.99. The Bertz CT molecular complexity index is 736. The zero-order valence-electron chi connectivity index (χ0n) is 11.6. The Balaban J connectivity index is 1.90. The van der Waals surface area contributed by atoms with E-state index in [4.69, 9.17) is 10.5 Å². The van der Waals surface area contributed by atoms with Crippen LogP contribution >= 0.6 is 0 Å². The summed E-state index contributed by atoms with van der Waals surface area (Å²) in [6, 6.07) is 15.3. The molecular formula is C15H15N5O. The van der Waals surface area contributed by atoms with Crippen LogP contribution in [0.4, 0.5) is 5.69 Å². The Morgan fingerprint density at radius 1 is 1.10 bits per heavy atom.